The van der Waals surface area contributed by atoms with Crippen LogP contribution in [0.1, 0.15) is 55.3 Å². The summed E-state index contributed by atoms with van der Waals surface area (Å²) >= 11 is 0. The van der Waals surface area contributed by atoms with Gasteiger partial charge in [0.1, 0.15) is 11.7 Å². The molecule has 9 heteroatoms. The van der Waals surface area contributed by atoms with Crippen LogP contribution in [-0.4, -0.2) is 76.4 Å². The molecule has 7 atom stereocenters. The molecule has 5 aliphatic carbocycles. The van der Waals surface area contributed by atoms with E-state index in [2.05, 4.69) is 26.3 Å². The van der Waals surface area contributed by atoms with Gasteiger partial charge < -0.3 is 30.6 Å². The maximum Gasteiger partial charge on any atom is 0.237 e. The Hall–Kier alpha value is -2.62. The molecule has 5 fully saturated rings. The van der Waals surface area contributed by atoms with Crippen LogP contribution < -0.4 is 15.8 Å². The summed E-state index contributed by atoms with van der Waals surface area (Å²) in [6.45, 7) is 2.76. The number of rotatable bonds is 8. The summed E-state index contributed by atoms with van der Waals surface area (Å²) in [5.74, 6) is 1.69. The average Bonchev–Trinajstić information content (AvgIpc) is 3.46. The third-order valence-corrected chi connectivity index (χ3v) is 11.6. The highest BCUT2D eigenvalue weighted by Crippen LogP contribution is 2.76. The van der Waals surface area contributed by atoms with Gasteiger partial charge in [0.15, 0.2) is 11.5 Å². The van der Waals surface area contributed by atoms with Crippen molar-refractivity contribution in [3.8, 4) is 11.5 Å². The van der Waals surface area contributed by atoms with Crippen LogP contribution in [0.3, 0.4) is 0 Å². The number of likely N-dealkylation sites (tertiary alicyclic amines) is 1. The minimum absolute atomic E-state index is 0.0314. The minimum atomic E-state index is -0.660. The zero-order chi connectivity index (χ0) is 26.6. The number of benzene rings is 1. The first-order chi connectivity index (χ1) is 18.9. The van der Waals surface area contributed by atoms with Crippen LogP contribution in [0.2, 0.25) is 0 Å². The number of imidazole rings is 1. The number of carbonyl (C=O) groups is 1. The zero-order valence-corrected chi connectivity index (χ0v) is 22.6. The predicted octanol–water partition coefficient (Wildman–Crippen LogP) is 2.03. The van der Waals surface area contributed by atoms with Gasteiger partial charge in [-0.3, -0.25) is 9.69 Å². The number of phenolic OH excluding ortho intramolecular Hbond substituents is 1. The van der Waals surface area contributed by atoms with Gasteiger partial charge in [-0.2, -0.15) is 0 Å². The van der Waals surface area contributed by atoms with E-state index in [1.807, 2.05) is 13.2 Å². The summed E-state index contributed by atoms with van der Waals surface area (Å²) in [7, 11) is 1.81. The van der Waals surface area contributed by atoms with Crippen molar-refractivity contribution in [2.75, 3.05) is 26.7 Å². The standard InChI is InChI=1S/C30H39N5O4/c1-38-30-7-6-28(12-19(30)13-33-26(37)21(31)11-20-14-32-16-34-20)23-10-18-4-5-22(36)25-24(18)29(28,27(30)39-25)8-9-35(23)15-17-2-3-17/h4-5,14,16-17,19,21,23,27,36H,2-3,6-13,15,31H2,1H3,(H,32,34)(H,33,37)/t19-,21?,23-,27-,28-,29+,30-/m1/s1. The smallest absolute Gasteiger partial charge is 0.237 e. The normalized spacial score (nSPS) is 38.3. The van der Waals surface area contributed by atoms with Crippen LogP contribution >= 0.6 is 0 Å². The number of nitrogens with zero attached hydrogens (tertiary/aromatic N) is 2. The lowest BCUT2D eigenvalue weighted by Gasteiger charge is -2.74. The zero-order valence-electron chi connectivity index (χ0n) is 22.6. The third kappa shape index (κ3) is 3.07. The van der Waals surface area contributed by atoms with Crippen LogP contribution in [0.4, 0.5) is 0 Å². The fourth-order valence-corrected chi connectivity index (χ4v) is 9.86. The summed E-state index contributed by atoms with van der Waals surface area (Å²) in [6, 6.07) is 3.74. The fraction of sp³-hybridized carbons (Fsp3) is 0.667. The molecule has 9 nitrogen and oxygen atoms in total. The number of aromatic nitrogens is 2. The van der Waals surface area contributed by atoms with E-state index in [4.69, 9.17) is 15.2 Å². The number of hydrogen-bond acceptors (Lipinski definition) is 7. The molecule has 1 saturated heterocycles. The molecule has 0 radical (unpaired) electrons. The van der Waals surface area contributed by atoms with Crippen molar-refractivity contribution in [1.82, 2.24) is 20.2 Å². The number of aromatic hydroxyl groups is 1. The van der Waals surface area contributed by atoms with Gasteiger partial charge in [0.25, 0.3) is 0 Å². The van der Waals surface area contributed by atoms with Gasteiger partial charge in [-0.1, -0.05) is 6.07 Å². The van der Waals surface area contributed by atoms with Gasteiger partial charge in [0.2, 0.25) is 5.91 Å². The highest BCUT2D eigenvalue weighted by Gasteiger charge is 2.80. The Kier molecular flexibility index (Phi) is 5.09. The number of hydrogen-bond donors (Lipinski definition) is 4. The van der Waals surface area contributed by atoms with Gasteiger partial charge in [0.05, 0.1) is 18.1 Å². The second-order valence-corrected chi connectivity index (χ2v) is 13.2. The number of fused-ring (bicyclic) bond motifs is 2. The number of carbonyl (C=O) groups excluding carboxylic acids is 1. The number of piperidine rings is 1. The number of amides is 1. The molecule has 1 amide bonds. The Morgan fingerprint density at radius 2 is 2.23 bits per heavy atom. The first kappa shape index (κ1) is 24.2. The van der Waals surface area contributed by atoms with Crippen LogP contribution in [0, 0.1) is 17.3 Å². The van der Waals surface area contributed by atoms with Crippen molar-refractivity contribution in [3.63, 3.8) is 0 Å². The lowest BCUT2D eigenvalue weighted by atomic mass is 9.35. The van der Waals surface area contributed by atoms with E-state index in [9.17, 15) is 9.90 Å². The summed E-state index contributed by atoms with van der Waals surface area (Å²) < 4.78 is 13.4. The average molecular weight is 534 g/mol. The van der Waals surface area contributed by atoms with E-state index < -0.39 is 11.6 Å². The molecule has 7 aliphatic rings. The van der Waals surface area contributed by atoms with E-state index in [-0.39, 0.29) is 34.5 Å². The molecular formula is C30H39N5O4. The molecule has 4 saturated carbocycles. The highest BCUT2D eigenvalue weighted by atomic mass is 16.6. The van der Waals surface area contributed by atoms with Gasteiger partial charge in [0, 0.05) is 61.2 Å². The topological polar surface area (TPSA) is 126 Å². The monoisotopic (exact) mass is 533 g/mol. The highest BCUT2D eigenvalue weighted by molar-refractivity contribution is 5.81. The number of methoxy groups -OCH3 is 1. The van der Waals surface area contributed by atoms with Crippen molar-refractivity contribution in [2.24, 2.45) is 23.0 Å². The fourth-order valence-electron chi connectivity index (χ4n) is 9.86. The van der Waals surface area contributed by atoms with E-state index >= 15 is 0 Å². The summed E-state index contributed by atoms with van der Waals surface area (Å²) in [5, 5.41) is 14.2. The molecule has 5 N–H and O–H groups in total. The molecule has 3 heterocycles. The number of phenols is 1. The Bertz CT molecular complexity index is 1310. The molecule has 1 aromatic heterocycles. The lowest BCUT2D eigenvalue weighted by molar-refractivity contribution is -0.276. The summed E-state index contributed by atoms with van der Waals surface area (Å²) in [5.41, 5.74) is 8.99. The second kappa shape index (κ2) is 8.21. The largest absolute Gasteiger partial charge is 0.504 e. The van der Waals surface area contributed by atoms with Crippen molar-refractivity contribution in [2.45, 2.75) is 80.6 Å². The molecule has 1 aromatic carbocycles. The molecule has 2 aromatic rings. The minimum Gasteiger partial charge on any atom is -0.504 e. The molecule has 208 valence electrons. The van der Waals surface area contributed by atoms with Crippen LogP contribution in [-0.2, 0) is 27.8 Å². The van der Waals surface area contributed by atoms with Crippen LogP contribution in [0.25, 0.3) is 0 Å². The number of ether oxygens (including phenoxy) is 2. The Labute approximate surface area is 228 Å². The number of aromatic amines is 1. The maximum absolute atomic E-state index is 13.1. The van der Waals surface area contributed by atoms with E-state index in [1.54, 1.807) is 12.5 Å². The van der Waals surface area contributed by atoms with Crippen molar-refractivity contribution >= 4 is 5.91 Å². The first-order valence-electron chi connectivity index (χ1n) is 14.7. The molecule has 39 heavy (non-hydrogen) atoms. The number of H-pyrrole nitrogens is 1. The van der Waals surface area contributed by atoms with Crippen LogP contribution in [0.15, 0.2) is 24.7 Å². The first-order valence-corrected chi connectivity index (χ1v) is 14.7. The molecule has 2 aliphatic heterocycles. The Morgan fingerprint density at radius 1 is 1.36 bits per heavy atom. The third-order valence-electron chi connectivity index (χ3n) is 11.6. The number of nitrogens with one attached hydrogen (secondary N) is 2. The van der Waals surface area contributed by atoms with Gasteiger partial charge in [-0.05, 0) is 69.0 Å². The predicted molar refractivity (Wildman–Crippen MR) is 143 cm³/mol. The SMILES string of the molecule is CO[C@]12CC[C@@]3(C[C@@H]1CNC(=O)C(N)Cc1c[nH]cn1)[C@H]1Cc4ccc(O)c5c4[C@@]3(CCN1CC1CC1)[C@H]2O5. The van der Waals surface area contributed by atoms with E-state index in [0.717, 1.165) is 50.3 Å². The summed E-state index contributed by atoms with van der Waals surface area (Å²) in [6.07, 6.45) is 11.3. The van der Waals surface area contributed by atoms with Crippen molar-refractivity contribution in [3.05, 3.63) is 41.5 Å². The number of nitrogens with two attached hydrogens (primary N) is 1. The van der Waals surface area contributed by atoms with Gasteiger partial charge in [-0.15, -0.1) is 0 Å². The molecule has 9 rings (SSSR count). The van der Waals surface area contributed by atoms with Crippen molar-refractivity contribution < 1.29 is 19.4 Å². The summed E-state index contributed by atoms with van der Waals surface area (Å²) in [4.78, 5) is 23.1. The van der Waals surface area contributed by atoms with E-state index in [0.29, 0.717) is 24.8 Å². The molecular weight excluding hydrogens is 494 g/mol. The van der Waals surface area contributed by atoms with Gasteiger partial charge >= 0.3 is 0 Å². The maximum atomic E-state index is 13.1. The molecule has 2 spiro atoms. The quantitative estimate of drug-likeness (QED) is 0.409. The Balaban J connectivity index is 1.16. The van der Waals surface area contributed by atoms with Crippen LogP contribution in [0.5, 0.6) is 11.5 Å². The lowest BCUT2D eigenvalue weighted by Crippen LogP contribution is -2.81. The molecule has 4 bridgehead atoms. The van der Waals surface area contributed by atoms with Gasteiger partial charge in [-0.25, -0.2) is 4.98 Å². The molecule has 1 unspecified atom stereocenters. The van der Waals surface area contributed by atoms with Crippen molar-refractivity contribution in [1.29, 1.82) is 0 Å². The second-order valence-electron chi connectivity index (χ2n) is 13.2. The van der Waals surface area contributed by atoms with E-state index in [1.165, 1.54) is 30.5 Å². The Morgan fingerprint density at radius 3 is 3.00 bits per heavy atom.